The van der Waals surface area contributed by atoms with Gasteiger partial charge in [0.25, 0.3) is 0 Å². The summed E-state index contributed by atoms with van der Waals surface area (Å²) in [6.07, 6.45) is 3.55. The van der Waals surface area contributed by atoms with E-state index in [2.05, 4.69) is 29.2 Å². The summed E-state index contributed by atoms with van der Waals surface area (Å²) >= 11 is 5.99. The number of nitrogens with zero attached hydrogens (tertiary/aromatic N) is 1. The minimum atomic E-state index is 0.773. The molecule has 20 heavy (non-hydrogen) atoms. The van der Waals surface area contributed by atoms with Crippen LogP contribution >= 0.6 is 11.6 Å². The molecule has 0 N–H and O–H groups in total. The maximum absolute atomic E-state index is 5.99. The van der Waals surface area contributed by atoms with E-state index in [1.54, 1.807) is 7.11 Å². The molecule has 0 atom stereocenters. The Hall–Kier alpha value is -1.67. The molecule has 3 heteroatoms. The fraction of sp³-hybridized carbons (Fsp3) is 0.294. The molecule has 1 aliphatic rings. The second-order valence-corrected chi connectivity index (χ2v) is 5.52. The van der Waals surface area contributed by atoms with Crippen molar-refractivity contribution < 1.29 is 4.74 Å². The molecule has 0 saturated carbocycles. The van der Waals surface area contributed by atoms with Crippen molar-refractivity contribution >= 4 is 23.0 Å². The first-order valence-corrected chi connectivity index (χ1v) is 7.36. The van der Waals surface area contributed by atoms with Gasteiger partial charge in [-0.2, -0.15) is 0 Å². The zero-order chi connectivity index (χ0) is 13.9. The highest BCUT2D eigenvalue weighted by molar-refractivity contribution is 6.30. The Morgan fingerprint density at radius 1 is 1.05 bits per heavy atom. The lowest BCUT2D eigenvalue weighted by molar-refractivity contribution is 0.415. The SMILES string of the molecule is COc1ccc2c(c1)N(c1ccc(Cl)cc1)CCCC2. The minimum Gasteiger partial charge on any atom is -0.497 e. The zero-order valence-corrected chi connectivity index (χ0v) is 12.4. The summed E-state index contributed by atoms with van der Waals surface area (Å²) in [5.74, 6) is 0.907. The maximum atomic E-state index is 5.99. The van der Waals surface area contributed by atoms with Gasteiger partial charge in [0.15, 0.2) is 0 Å². The van der Waals surface area contributed by atoms with Gasteiger partial charge in [0.2, 0.25) is 0 Å². The third-order valence-corrected chi connectivity index (χ3v) is 4.05. The summed E-state index contributed by atoms with van der Waals surface area (Å²) in [7, 11) is 1.71. The fourth-order valence-electron chi connectivity index (χ4n) is 2.73. The molecule has 1 aliphatic heterocycles. The average Bonchev–Trinajstić information content (AvgIpc) is 2.69. The summed E-state index contributed by atoms with van der Waals surface area (Å²) < 4.78 is 5.38. The summed E-state index contributed by atoms with van der Waals surface area (Å²) in [6, 6.07) is 14.4. The van der Waals surface area contributed by atoms with Crippen molar-refractivity contribution in [2.45, 2.75) is 19.3 Å². The first kappa shape index (κ1) is 13.3. The largest absolute Gasteiger partial charge is 0.497 e. The van der Waals surface area contributed by atoms with Crippen molar-refractivity contribution in [2.75, 3.05) is 18.6 Å². The second kappa shape index (κ2) is 5.76. The van der Waals surface area contributed by atoms with Crippen molar-refractivity contribution in [3.05, 3.63) is 53.1 Å². The van der Waals surface area contributed by atoms with Crippen LogP contribution in [-0.4, -0.2) is 13.7 Å². The van der Waals surface area contributed by atoms with Gasteiger partial charge in [-0.3, -0.25) is 0 Å². The van der Waals surface area contributed by atoms with E-state index in [0.29, 0.717) is 0 Å². The van der Waals surface area contributed by atoms with Crippen LogP contribution in [0.1, 0.15) is 18.4 Å². The molecule has 104 valence electrons. The Bertz CT molecular complexity index is 594. The lowest BCUT2D eigenvalue weighted by atomic mass is 10.1. The molecular formula is C17H18ClNO. The van der Waals surface area contributed by atoms with Crippen LogP contribution in [0.2, 0.25) is 5.02 Å². The first-order chi connectivity index (χ1) is 9.78. The molecule has 1 heterocycles. The van der Waals surface area contributed by atoms with E-state index in [1.807, 2.05) is 18.2 Å². The van der Waals surface area contributed by atoms with Gasteiger partial charge in [-0.25, -0.2) is 0 Å². The van der Waals surface area contributed by atoms with E-state index < -0.39 is 0 Å². The molecule has 0 unspecified atom stereocenters. The van der Waals surface area contributed by atoms with Crippen molar-refractivity contribution in [2.24, 2.45) is 0 Å². The lowest BCUT2D eigenvalue weighted by Gasteiger charge is -2.25. The summed E-state index contributed by atoms with van der Waals surface area (Å²) in [5, 5.41) is 0.773. The topological polar surface area (TPSA) is 12.5 Å². The number of aryl methyl sites for hydroxylation is 1. The number of ether oxygens (including phenoxy) is 1. The van der Waals surface area contributed by atoms with Crippen molar-refractivity contribution in [3.63, 3.8) is 0 Å². The molecule has 0 aliphatic carbocycles. The smallest absolute Gasteiger partial charge is 0.120 e. The van der Waals surface area contributed by atoms with Crippen LogP contribution in [0.5, 0.6) is 5.75 Å². The maximum Gasteiger partial charge on any atom is 0.120 e. The Labute approximate surface area is 124 Å². The number of methoxy groups -OCH3 is 1. The zero-order valence-electron chi connectivity index (χ0n) is 11.6. The molecule has 3 rings (SSSR count). The highest BCUT2D eigenvalue weighted by Crippen LogP contribution is 2.35. The average molecular weight is 288 g/mol. The van der Waals surface area contributed by atoms with E-state index in [4.69, 9.17) is 16.3 Å². The summed E-state index contributed by atoms with van der Waals surface area (Å²) in [5.41, 5.74) is 3.83. The molecule has 0 aromatic heterocycles. The van der Waals surface area contributed by atoms with Crippen LogP contribution in [0.4, 0.5) is 11.4 Å². The van der Waals surface area contributed by atoms with Crippen molar-refractivity contribution in [1.82, 2.24) is 0 Å². The van der Waals surface area contributed by atoms with Crippen molar-refractivity contribution in [3.8, 4) is 5.75 Å². The molecule has 0 spiro atoms. The molecule has 0 saturated heterocycles. The Morgan fingerprint density at radius 2 is 1.85 bits per heavy atom. The van der Waals surface area contributed by atoms with Gasteiger partial charge >= 0.3 is 0 Å². The number of rotatable bonds is 2. The van der Waals surface area contributed by atoms with Gasteiger partial charge in [-0.1, -0.05) is 17.7 Å². The Balaban J connectivity index is 2.05. The number of fused-ring (bicyclic) bond motifs is 1. The molecule has 0 radical (unpaired) electrons. The van der Waals surface area contributed by atoms with Gasteiger partial charge in [0.1, 0.15) is 5.75 Å². The van der Waals surface area contributed by atoms with E-state index in [1.165, 1.54) is 29.8 Å². The number of benzene rings is 2. The predicted octanol–water partition coefficient (Wildman–Crippen LogP) is 4.82. The van der Waals surface area contributed by atoms with E-state index in [-0.39, 0.29) is 0 Å². The molecule has 2 nitrogen and oxygen atoms in total. The van der Waals surface area contributed by atoms with Gasteiger partial charge in [0.05, 0.1) is 7.11 Å². The van der Waals surface area contributed by atoms with Crippen LogP contribution in [-0.2, 0) is 6.42 Å². The molecule has 2 aromatic carbocycles. The number of anilines is 2. The van der Waals surface area contributed by atoms with E-state index >= 15 is 0 Å². The van der Waals surface area contributed by atoms with Gasteiger partial charge in [0, 0.05) is 29.0 Å². The fourth-order valence-corrected chi connectivity index (χ4v) is 2.85. The van der Waals surface area contributed by atoms with Crippen LogP contribution in [0.25, 0.3) is 0 Å². The molecule has 0 bridgehead atoms. The van der Waals surface area contributed by atoms with E-state index in [9.17, 15) is 0 Å². The quantitative estimate of drug-likeness (QED) is 0.785. The minimum absolute atomic E-state index is 0.773. The molecule has 0 amide bonds. The number of hydrogen-bond acceptors (Lipinski definition) is 2. The highest BCUT2D eigenvalue weighted by atomic mass is 35.5. The van der Waals surface area contributed by atoms with Gasteiger partial charge < -0.3 is 9.64 Å². The lowest BCUT2D eigenvalue weighted by Crippen LogP contribution is -2.17. The van der Waals surface area contributed by atoms with Crippen molar-refractivity contribution in [1.29, 1.82) is 0 Å². The van der Waals surface area contributed by atoms with Crippen LogP contribution in [0.3, 0.4) is 0 Å². The number of hydrogen-bond donors (Lipinski definition) is 0. The van der Waals surface area contributed by atoms with Crippen LogP contribution in [0, 0.1) is 0 Å². The third kappa shape index (κ3) is 2.61. The predicted molar refractivity (Wildman–Crippen MR) is 84.4 cm³/mol. The first-order valence-electron chi connectivity index (χ1n) is 6.98. The molecule has 0 fully saturated rings. The van der Waals surface area contributed by atoms with Crippen LogP contribution < -0.4 is 9.64 Å². The number of halogens is 1. The van der Waals surface area contributed by atoms with Crippen LogP contribution in [0.15, 0.2) is 42.5 Å². The monoisotopic (exact) mass is 287 g/mol. The third-order valence-electron chi connectivity index (χ3n) is 3.80. The van der Waals surface area contributed by atoms with Gasteiger partial charge in [-0.15, -0.1) is 0 Å². The van der Waals surface area contributed by atoms with E-state index in [0.717, 1.165) is 23.7 Å². The second-order valence-electron chi connectivity index (χ2n) is 5.08. The Kier molecular flexibility index (Phi) is 3.83. The Morgan fingerprint density at radius 3 is 2.60 bits per heavy atom. The summed E-state index contributed by atoms with van der Waals surface area (Å²) in [6.45, 7) is 1.03. The normalized spacial score (nSPS) is 14.6. The highest BCUT2D eigenvalue weighted by Gasteiger charge is 2.17. The molecule has 2 aromatic rings. The summed E-state index contributed by atoms with van der Waals surface area (Å²) in [4.78, 5) is 2.36. The molecular weight excluding hydrogens is 270 g/mol. The van der Waals surface area contributed by atoms with Gasteiger partial charge in [-0.05, 0) is 55.2 Å². The standard InChI is InChI=1S/C17H18ClNO/c1-20-16-10-5-13-4-2-3-11-19(17(13)12-16)15-8-6-14(18)7-9-15/h5-10,12H,2-4,11H2,1H3.